The van der Waals surface area contributed by atoms with Crippen molar-refractivity contribution >= 4 is 17.7 Å². The van der Waals surface area contributed by atoms with E-state index in [1.165, 1.54) is 5.06 Å². The third-order valence-corrected chi connectivity index (χ3v) is 1.77. The lowest BCUT2D eigenvalue weighted by atomic mass is 10.3. The molecular weight excluding hydrogens is 188 g/mol. The van der Waals surface area contributed by atoms with Crippen LogP contribution < -0.4 is 18.1 Å². The molecule has 0 aliphatic carbocycles. The summed E-state index contributed by atoms with van der Waals surface area (Å²) in [4.78, 5) is 16.0. The van der Waals surface area contributed by atoms with Crippen LogP contribution in [0, 0.1) is 0 Å². The van der Waals surface area contributed by atoms with Gasteiger partial charge in [-0.1, -0.05) is 0 Å². The molecule has 1 heterocycles. The van der Waals surface area contributed by atoms with E-state index in [1.807, 2.05) is 6.26 Å². The van der Waals surface area contributed by atoms with Crippen molar-refractivity contribution in [1.82, 2.24) is 5.06 Å². The maximum atomic E-state index is 11.0. The van der Waals surface area contributed by atoms with E-state index >= 15 is 0 Å². The summed E-state index contributed by atoms with van der Waals surface area (Å²) in [7, 11) is 0. The zero-order valence-electron chi connectivity index (χ0n) is 6.25. The number of hydrogen-bond acceptors (Lipinski definition) is 3. The van der Waals surface area contributed by atoms with Crippen molar-refractivity contribution in [3.63, 3.8) is 0 Å². The standard InChI is InChI=1S/C5H10N2O2S.ClH/c1-10-3-7-5(8)4(6)2-9-7;/h4H,2-3,6H2,1H3;1H. The number of hydrogen-bond donors (Lipinski definition) is 1. The lowest BCUT2D eigenvalue weighted by molar-refractivity contribution is -0.402. The Morgan fingerprint density at radius 3 is 2.91 bits per heavy atom. The highest BCUT2D eigenvalue weighted by Gasteiger charge is 2.32. The van der Waals surface area contributed by atoms with E-state index in [4.69, 9.17) is 4.84 Å². The number of amides is 1. The minimum atomic E-state index is -0.202. The van der Waals surface area contributed by atoms with E-state index in [9.17, 15) is 4.79 Å². The molecule has 1 fully saturated rings. The molecule has 1 amide bonds. The summed E-state index contributed by atoms with van der Waals surface area (Å²) in [5, 5.41) is 1.36. The summed E-state index contributed by atoms with van der Waals surface area (Å²) >= 11 is 1.56. The van der Waals surface area contributed by atoms with Crippen molar-refractivity contribution in [1.29, 1.82) is 0 Å². The SMILES string of the molecule is CSCN1OCC([NH3+])C1=O.[Cl-]. The van der Waals surface area contributed by atoms with Crippen LogP contribution in [0.2, 0.25) is 0 Å². The largest absolute Gasteiger partial charge is 1.00 e. The minimum Gasteiger partial charge on any atom is -1.00 e. The van der Waals surface area contributed by atoms with Gasteiger partial charge in [-0.3, -0.25) is 9.63 Å². The zero-order chi connectivity index (χ0) is 7.56. The number of carbonyl (C=O) groups is 1. The van der Waals surface area contributed by atoms with Gasteiger partial charge in [-0.2, -0.15) is 0 Å². The molecular formula is C5H11ClN2O2S. The predicted molar refractivity (Wildman–Crippen MR) is 37.9 cm³/mol. The van der Waals surface area contributed by atoms with Crippen LogP contribution in [0.1, 0.15) is 0 Å². The van der Waals surface area contributed by atoms with Crippen LogP contribution in [0.4, 0.5) is 0 Å². The fourth-order valence-electron chi connectivity index (χ4n) is 0.737. The van der Waals surface area contributed by atoms with Crippen molar-refractivity contribution in [2.45, 2.75) is 6.04 Å². The van der Waals surface area contributed by atoms with Gasteiger partial charge in [-0.05, 0) is 6.26 Å². The molecule has 4 nitrogen and oxygen atoms in total. The van der Waals surface area contributed by atoms with E-state index in [0.29, 0.717) is 12.5 Å². The number of halogens is 1. The molecule has 1 saturated heterocycles. The Kier molecular flexibility index (Phi) is 4.83. The quantitative estimate of drug-likeness (QED) is 0.489. The van der Waals surface area contributed by atoms with Gasteiger partial charge in [0.25, 0.3) is 0 Å². The van der Waals surface area contributed by atoms with Crippen LogP contribution in [0.3, 0.4) is 0 Å². The first-order valence-corrected chi connectivity index (χ1v) is 4.41. The average Bonchev–Trinajstić information content (AvgIpc) is 2.20. The smallest absolute Gasteiger partial charge is 0.307 e. The summed E-state index contributed by atoms with van der Waals surface area (Å²) < 4.78 is 0. The lowest BCUT2D eigenvalue weighted by Gasteiger charge is -2.09. The molecule has 66 valence electrons. The Morgan fingerprint density at radius 2 is 2.55 bits per heavy atom. The van der Waals surface area contributed by atoms with Crippen LogP contribution in [-0.4, -0.2) is 35.8 Å². The Labute approximate surface area is 75.8 Å². The number of hydroxylamine groups is 2. The first kappa shape index (κ1) is 11.0. The summed E-state index contributed by atoms with van der Waals surface area (Å²) in [6.45, 7) is 0.430. The van der Waals surface area contributed by atoms with Gasteiger partial charge in [0.2, 0.25) is 0 Å². The maximum absolute atomic E-state index is 11.0. The molecule has 0 bridgehead atoms. The number of thioether (sulfide) groups is 1. The second-order valence-corrected chi connectivity index (χ2v) is 2.96. The molecule has 1 aliphatic rings. The van der Waals surface area contributed by atoms with Crippen LogP contribution >= 0.6 is 11.8 Å². The van der Waals surface area contributed by atoms with E-state index in [-0.39, 0.29) is 24.4 Å². The van der Waals surface area contributed by atoms with Gasteiger partial charge >= 0.3 is 5.91 Å². The number of nitrogens with zero attached hydrogens (tertiary/aromatic N) is 1. The summed E-state index contributed by atoms with van der Waals surface area (Å²) in [6.07, 6.45) is 1.92. The van der Waals surface area contributed by atoms with Crippen molar-refractivity contribution in [2.24, 2.45) is 0 Å². The molecule has 11 heavy (non-hydrogen) atoms. The van der Waals surface area contributed by atoms with Crippen molar-refractivity contribution in [3.05, 3.63) is 0 Å². The summed E-state index contributed by atoms with van der Waals surface area (Å²) in [5.41, 5.74) is 3.63. The van der Waals surface area contributed by atoms with E-state index in [2.05, 4.69) is 5.73 Å². The Balaban J connectivity index is 0.000001000. The molecule has 1 rings (SSSR count). The van der Waals surface area contributed by atoms with Crippen LogP contribution in [0.15, 0.2) is 0 Å². The van der Waals surface area contributed by atoms with Gasteiger partial charge in [0.15, 0.2) is 6.04 Å². The molecule has 0 saturated carbocycles. The van der Waals surface area contributed by atoms with E-state index in [0.717, 1.165) is 0 Å². The van der Waals surface area contributed by atoms with E-state index in [1.54, 1.807) is 11.8 Å². The van der Waals surface area contributed by atoms with Gasteiger partial charge in [0.1, 0.15) is 6.61 Å². The summed E-state index contributed by atoms with van der Waals surface area (Å²) in [6, 6.07) is -0.202. The third-order valence-electron chi connectivity index (χ3n) is 1.27. The first-order valence-electron chi connectivity index (χ1n) is 3.02. The lowest BCUT2D eigenvalue weighted by Crippen LogP contribution is -3.00. The van der Waals surface area contributed by atoms with Gasteiger partial charge in [0.05, 0.1) is 5.88 Å². The highest BCUT2D eigenvalue weighted by molar-refractivity contribution is 7.98. The average molecular weight is 199 g/mol. The monoisotopic (exact) mass is 198 g/mol. The highest BCUT2D eigenvalue weighted by Crippen LogP contribution is 2.08. The van der Waals surface area contributed by atoms with E-state index < -0.39 is 0 Å². The third kappa shape index (κ3) is 2.52. The molecule has 1 aliphatic heterocycles. The Hall–Kier alpha value is 0.0300. The van der Waals surface area contributed by atoms with Crippen molar-refractivity contribution < 1.29 is 27.8 Å². The second kappa shape index (κ2) is 4.82. The Morgan fingerprint density at radius 1 is 1.91 bits per heavy atom. The molecule has 1 unspecified atom stereocenters. The Bertz CT molecular complexity index is 144. The molecule has 6 heteroatoms. The molecule has 0 spiro atoms. The van der Waals surface area contributed by atoms with Crippen LogP contribution in [0.5, 0.6) is 0 Å². The molecule has 0 radical (unpaired) electrons. The normalized spacial score (nSPS) is 23.6. The minimum absolute atomic E-state index is 0. The van der Waals surface area contributed by atoms with Gasteiger partial charge < -0.3 is 18.1 Å². The van der Waals surface area contributed by atoms with Gasteiger partial charge in [-0.15, -0.1) is 11.8 Å². The molecule has 0 aromatic carbocycles. The fraction of sp³-hybridized carbons (Fsp3) is 0.800. The molecule has 0 aromatic heterocycles. The summed E-state index contributed by atoms with van der Waals surface area (Å²) in [5.74, 6) is 0.597. The predicted octanol–water partition coefficient (Wildman–Crippen LogP) is -4.30. The molecule has 3 N–H and O–H groups in total. The van der Waals surface area contributed by atoms with Crippen molar-refractivity contribution in [3.8, 4) is 0 Å². The maximum Gasteiger partial charge on any atom is 0.307 e. The number of carbonyl (C=O) groups excluding carboxylic acids is 1. The zero-order valence-corrected chi connectivity index (χ0v) is 7.82. The molecule has 0 aromatic rings. The van der Waals surface area contributed by atoms with Gasteiger partial charge in [-0.25, -0.2) is 5.06 Å². The fourth-order valence-corrected chi connectivity index (χ4v) is 1.17. The second-order valence-electron chi connectivity index (χ2n) is 2.13. The van der Waals surface area contributed by atoms with Crippen molar-refractivity contribution in [2.75, 3.05) is 18.7 Å². The van der Waals surface area contributed by atoms with Crippen LogP contribution in [-0.2, 0) is 9.63 Å². The topological polar surface area (TPSA) is 57.2 Å². The van der Waals surface area contributed by atoms with Gasteiger partial charge in [0, 0.05) is 0 Å². The molecule has 1 atom stereocenters. The van der Waals surface area contributed by atoms with Crippen LogP contribution in [0.25, 0.3) is 0 Å². The first-order chi connectivity index (χ1) is 4.75. The number of quaternary nitrogens is 1. The number of rotatable bonds is 2. The highest BCUT2D eigenvalue weighted by atomic mass is 35.5.